The van der Waals surface area contributed by atoms with Gasteiger partial charge in [-0.15, -0.1) is 4.91 Å². The molecule has 0 fully saturated rings. The van der Waals surface area contributed by atoms with Crippen molar-refractivity contribution in [2.75, 3.05) is 18.1 Å². The Bertz CT molecular complexity index is 781. The average molecular weight is 384 g/mol. The number of anilines is 1. The summed E-state index contributed by atoms with van der Waals surface area (Å²) in [5.74, 6) is -0.460. The van der Waals surface area contributed by atoms with Gasteiger partial charge in [0.2, 0.25) is 11.8 Å². The number of amides is 2. The van der Waals surface area contributed by atoms with Crippen molar-refractivity contribution in [2.45, 2.75) is 25.8 Å². The van der Waals surface area contributed by atoms with Gasteiger partial charge in [-0.2, -0.15) is 0 Å². The van der Waals surface area contributed by atoms with E-state index in [4.69, 9.17) is 0 Å². The molecule has 0 aliphatic rings. The minimum atomic E-state index is -0.669. The topological polar surface area (TPSA) is 111 Å². The van der Waals surface area contributed by atoms with Gasteiger partial charge in [0.05, 0.1) is 11.0 Å². The fraction of sp³-hybridized carbons (Fsp3) is 0.300. The number of nitrogens with zero attached hydrogens (tertiary/aromatic N) is 2. The number of phenolic OH excluding ortho intramolecular Hbond substituents is 1. The van der Waals surface area contributed by atoms with Crippen LogP contribution in [-0.4, -0.2) is 36.1 Å². The Morgan fingerprint density at radius 3 is 2.39 bits per heavy atom. The molecule has 0 unspecified atom stereocenters. The van der Waals surface area contributed by atoms with Crippen LogP contribution < -0.4 is 15.6 Å². The number of hydrogen-bond acceptors (Lipinski definition) is 5. The number of aromatic hydroxyl groups is 1. The van der Waals surface area contributed by atoms with E-state index in [9.17, 15) is 19.6 Å². The van der Waals surface area contributed by atoms with E-state index in [0.717, 1.165) is 5.56 Å². The maximum absolute atomic E-state index is 12.5. The Labute approximate surface area is 163 Å². The molecule has 0 aromatic heterocycles. The lowest BCUT2D eigenvalue weighted by Gasteiger charge is -2.19. The van der Waals surface area contributed by atoms with Crippen LogP contribution in [0.25, 0.3) is 0 Å². The van der Waals surface area contributed by atoms with Crippen LogP contribution in [0.3, 0.4) is 0 Å². The predicted molar refractivity (Wildman–Crippen MR) is 107 cm³/mol. The van der Waals surface area contributed by atoms with Gasteiger partial charge in [0.15, 0.2) is 0 Å². The van der Waals surface area contributed by atoms with Crippen molar-refractivity contribution >= 4 is 17.5 Å². The average Bonchev–Trinajstić information content (AvgIpc) is 2.69. The first-order chi connectivity index (χ1) is 13.5. The van der Waals surface area contributed by atoms with E-state index in [1.165, 1.54) is 24.1 Å². The second-order valence-corrected chi connectivity index (χ2v) is 6.31. The molecule has 3 N–H and O–H groups in total. The summed E-state index contributed by atoms with van der Waals surface area (Å²) >= 11 is 0. The molecule has 0 heterocycles. The molecule has 8 heteroatoms. The van der Waals surface area contributed by atoms with Crippen molar-refractivity contribution in [3.05, 3.63) is 65.1 Å². The number of carbonyl (C=O) groups is 2. The summed E-state index contributed by atoms with van der Waals surface area (Å²) in [6.45, 7) is 2.00. The number of hydrogen-bond donors (Lipinski definition) is 3. The van der Waals surface area contributed by atoms with E-state index in [1.54, 1.807) is 12.1 Å². The lowest BCUT2D eigenvalue weighted by atomic mass is 10.1. The first-order valence-electron chi connectivity index (χ1n) is 8.98. The van der Waals surface area contributed by atoms with Gasteiger partial charge in [0.1, 0.15) is 11.8 Å². The van der Waals surface area contributed by atoms with E-state index < -0.39 is 6.04 Å². The maximum Gasteiger partial charge on any atom is 0.242 e. The van der Waals surface area contributed by atoms with Crippen molar-refractivity contribution in [2.24, 2.45) is 5.29 Å². The molecule has 2 aromatic rings. The summed E-state index contributed by atoms with van der Waals surface area (Å²) in [6.07, 6.45) is 0.873. The summed E-state index contributed by atoms with van der Waals surface area (Å²) in [4.78, 5) is 34.9. The monoisotopic (exact) mass is 384 g/mol. The van der Waals surface area contributed by atoms with E-state index >= 15 is 0 Å². The summed E-state index contributed by atoms with van der Waals surface area (Å²) in [7, 11) is 0. The van der Waals surface area contributed by atoms with Crippen LogP contribution in [0.2, 0.25) is 0 Å². The van der Waals surface area contributed by atoms with Crippen LogP contribution in [0.1, 0.15) is 18.9 Å². The highest BCUT2D eigenvalue weighted by atomic mass is 16.3. The number of rotatable bonds is 10. The van der Waals surface area contributed by atoms with Crippen LogP contribution >= 0.6 is 0 Å². The van der Waals surface area contributed by atoms with Gasteiger partial charge < -0.3 is 15.7 Å². The van der Waals surface area contributed by atoms with Crippen LogP contribution in [-0.2, 0) is 16.0 Å². The van der Waals surface area contributed by atoms with Gasteiger partial charge in [-0.25, -0.2) is 5.01 Å². The maximum atomic E-state index is 12.5. The van der Waals surface area contributed by atoms with Gasteiger partial charge in [0.25, 0.3) is 0 Å². The van der Waals surface area contributed by atoms with Crippen molar-refractivity contribution in [3.63, 3.8) is 0 Å². The second kappa shape index (κ2) is 10.7. The highest BCUT2D eigenvalue weighted by molar-refractivity contribution is 5.87. The summed E-state index contributed by atoms with van der Waals surface area (Å²) in [6, 6.07) is 14.9. The number of phenols is 1. The van der Waals surface area contributed by atoms with Gasteiger partial charge in [-0.1, -0.05) is 30.3 Å². The van der Waals surface area contributed by atoms with Gasteiger partial charge >= 0.3 is 0 Å². The van der Waals surface area contributed by atoms with Gasteiger partial charge in [-0.3, -0.25) is 9.59 Å². The van der Waals surface area contributed by atoms with Crippen LogP contribution in [0, 0.1) is 4.91 Å². The Balaban J connectivity index is 1.84. The Morgan fingerprint density at radius 1 is 1.11 bits per heavy atom. The highest BCUT2D eigenvalue weighted by Crippen LogP contribution is 2.18. The lowest BCUT2D eigenvalue weighted by molar-refractivity contribution is -0.128. The third kappa shape index (κ3) is 6.71. The van der Waals surface area contributed by atoms with Crippen molar-refractivity contribution in [1.29, 1.82) is 0 Å². The molecule has 0 radical (unpaired) electrons. The molecule has 8 nitrogen and oxygen atoms in total. The molecule has 2 aromatic carbocycles. The van der Waals surface area contributed by atoms with E-state index in [-0.39, 0.29) is 17.6 Å². The van der Waals surface area contributed by atoms with Crippen molar-refractivity contribution in [1.82, 2.24) is 10.6 Å². The third-order valence-corrected chi connectivity index (χ3v) is 4.07. The smallest absolute Gasteiger partial charge is 0.242 e. The zero-order chi connectivity index (χ0) is 20.4. The molecular weight excluding hydrogens is 360 g/mol. The molecule has 148 valence electrons. The molecule has 0 spiro atoms. The van der Waals surface area contributed by atoms with Crippen molar-refractivity contribution in [3.8, 4) is 5.75 Å². The Morgan fingerprint density at radius 2 is 1.79 bits per heavy atom. The first-order valence-corrected chi connectivity index (χ1v) is 8.98. The Kier molecular flexibility index (Phi) is 7.95. The Hall–Kier alpha value is -3.42. The summed E-state index contributed by atoms with van der Waals surface area (Å²) in [5, 5.41) is 19.0. The van der Waals surface area contributed by atoms with Crippen molar-refractivity contribution < 1.29 is 14.7 Å². The fourth-order valence-corrected chi connectivity index (χ4v) is 2.71. The molecule has 2 rings (SSSR count). The zero-order valence-electron chi connectivity index (χ0n) is 15.7. The SMILES string of the molecule is CC(=O)N[C@@H](Cc1ccccc1)C(=O)NCCCN(N=O)c1ccc(O)cc1. The number of nitroso groups, excluding NO2 is 1. The summed E-state index contributed by atoms with van der Waals surface area (Å²) < 4.78 is 0. The summed E-state index contributed by atoms with van der Waals surface area (Å²) in [5.41, 5.74) is 1.50. The minimum Gasteiger partial charge on any atom is -0.508 e. The predicted octanol–water partition coefficient (Wildman–Crippen LogP) is 2.13. The molecule has 0 aliphatic heterocycles. The van der Waals surface area contributed by atoms with E-state index in [0.29, 0.717) is 31.6 Å². The molecule has 0 aliphatic carbocycles. The zero-order valence-corrected chi connectivity index (χ0v) is 15.7. The minimum absolute atomic E-state index is 0.101. The van der Waals surface area contributed by atoms with Crippen LogP contribution in [0.4, 0.5) is 5.69 Å². The molecule has 0 saturated carbocycles. The standard InChI is InChI=1S/C20H24N4O4/c1-15(25)22-19(14-16-6-3-2-4-7-16)20(27)21-12-5-13-24(23-28)17-8-10-18(26)11-9-17/h2-4,6-11,19,26H,5,12-14H2,1H3,(H,21,27)(H,22,25)/t19-/m0/s1. The third-order valence-electron chi connectivity index (χ3n) is 4.07. The van der Waals surface area contributed by atoms with E-state index in [1.807, 2.05) is 30.3 Å². The number of nitrogens with one attached hydrogen (secondary N) is 2. The highest BCUT2D eigenvalue weighted by Gasteiger charge is 2.19. The normalized spacial score (nSPS) is 11.3. The van der Waals surface area contributed by atoms with Gasteiger partial charge in [-0.05, 0) is 36.2 Å². The molecule has 1 atom stereocenters. The van der Waals surface area contributed by atoms with E-state index in [2.05, 4.69) is 15.9 Å². The molecule has 0 bridgehead atoms. The van der Waals surface area contributed by atoms with Gasteiger partial charge in [0, 0.05) is 26.4 Å². The molecule has 0 saturated heterocycles. The van der Waals surface area contributed by atoms with Crippen LogP contribution in [0.5, 0.6) is 5.75 Å². The largest absolute Gasteiger partial charge is 0.508 e. The quantitative estimate of drug-likeness (QED) is 0.330. The molecule has 2 amide bonds. The number of benzene rings is 2. The lowest BCUT2D eigenvalue weighted by Crippen LogP contribution is -2.47. The molecular formula is C20H24N4O4. The second-order valence-electron chi connectivity index (χ2n) is 6.31. The van der Waals surface area contributed by atoms with Crippen LogP contribution in [0.15, 0.2) is 59.9 Å². The number of carbonyl (C=O) groups excluding carboxylic acids is 2. The molecule has 28 heavy (non-hydrogen) atoms. The fourth-order valence-electron chi connectivity index (χ4n) is 2.71. The first kappa shape index (κ1) is 20.9.